The van der Waals surface area contributed by atoms with Gasteiger partial charge in [-0.2, -0.15) is 5.10 Å². The minimum Gasteiger partial charge on any atom is -0.372 e. The molecule has 2 aliphatic rings. The summed E-state index contributed by atoms with van der Waals surface area (Å²) >= 11 is 0. The predicted molar refractivity (Wildman–Crippen MR) is 72.7 cm³/mol. The molecule has 1 fully saturated rings. The van der Waals surface area contributed by atoms with Crippen molar-refractivity contribution in [2.75, 3.05) is 13.1 Å². The fraction of sp³-hybridized carbons (Fsp3) is 0.857. The molecule has 3 heterocycles. The van der Waals surface area contributed by atoms with Crippen LogP contribution in [0.15, 0.2) is 0 Å². The van der Waals surface area contributed by atoms with Gasteiger partial charge in [-0.3, -0.25) is 0 Å². The monoisotopic (exact) mass is 264 g/mol. The molecule has 2 atom stereocenters. The lowest BCUT2D eigenvalue weighted by Gasteiger charge is -2.19. The number of hydrogen-bond donors (Lipinski definition) is 1. The van der Waals surface area contributed by atoms with Crippen LogP contribution >= 0.6 is 0 Å². The quantitative estimate of drug-likeness (QED) is 0.896. The third kappa shape index (κ3) is 2.67. The van der Waals surface area contributed by atoms with Crippen LogP contribution in [0.1, 0.15) is 51.0 Å². The molecular weight excluding hydrogens is 240 g/mol. The molecule has 19 heavy (non-hydrogen) atoms. The maximum Gasteiger partial charge on any atom is 0.151 e. The molecule has 0 spiro atoms. The summed E-state index contributed by atoms with van der Waals surface area (Å²) < 4.78 is 1.73. The Morgan fingerprint density at radius 3 is 2.89 bits per heavy atom. The van der Waals surface area contributed by atoms with Crippen molar-refractivity contribution in [2.24, 2.45) is 5.92 Å². The molecule has 0 amide bonds. The van der Waals surface area contributed by atoms with Crippen molar-refractivity contribution in [1.29, 1.82) is 0 Å². The topological polar surface area (TPSA) is 54.2 Å². The Bertz CT molecular complexity index is 443. The van der Waals surface area contributed by atoms with Gasteiger partial charge in [0.2, 0.25) is 0 Å². The maximum atomic E-state index is 9.90. The van der Waals surface area contributed by atoms with E-state index in [4.69, 9.17) is 0 Å². The van der Waals surface area contributed by atoms with Crippen molar-refractivity contribution in [1.82, 2.24) is 19.7 Å². The average molecular weight is 264 g/mol. The normalized spacial score (nSPS) is 28.0. The molecule has 0 saturated carbocycles. The molecular formula is C14H24N4O. The van der Waals surface area contributed by atoms with Gasteiger partial charge < -0.3 is 10.0 Å². The lowest BCUT2D eigenvalue weighted by Crippen LogP contribution is -2.28. The Morgan fingerprint density at radius 2 is 2.21 bits per heavy atom. The molecule has 1 N–H and O–H groups in total. The highest BCUT2D eigenvalue weighted by molar-refractivity contribution is 4.99. The molecule has 1 saturated heterocycles. The maximum absolute atomic E-state index is 9.90. The first kappa shape index (κ1) is 13.1. The number of nitrogens with zero attached hydrogens (tertiary/aromatic N) is 4. The Morgan fingerprint density at radius 1 is 1.37 bits per heavy atom. The van der Waals surface area contributed by atoms with E-state index < -0.39 is 6.23 Å². The summed E-state index contributed by atoms with van der Waals surface area (Å²) in [5.41, 5.74) is 0. The van der Waals surface area contributed by atoms with Gasteiger partial charge in [0.1, 0.15) is 12.1 Å². The van der Waals surface area contributed by atoms with Crippen LogP contribution in [0.4, 0.5) is 0 Å². The van der Waals surface area contributed by atoms with Crippen LogP contribution in [-0.2, 0) is 12.8 Å². The highest BCUT2D eigenvalue weighted by atomic mass is 16.3. The third-order valence-corrected chi connectivity index (χ3v) is 4.41. The first-order chi connectivity index (χ1) is 9.13. The number of aliphatic hydroxyl groups is 1. The Labute approximate surface area is 114 Å². The van der Waals surface area contributed by atoms with Gasteiger partial charge in [0, 0.05) is 25.4 Å². The number of aromatic nitrogens is 3. The largest absolute Gasteiger partial charge is 0.372 e. The fourth-order valence-corrected chi connectivity index (χ4v) is 3.22. The van der Waals surface area contributed by atoms with Crippen molar-refractivity contribution in [3.63, 3.8) is 0 Å². The van der Waals surface area contributed by atoms with E-state index in [1.165, 1.54) is 13.0 Å². The Kier molecular flexibility index (Phi) is 3.58. The van der Waals surface area contributed by atoms with Gasteiger partial charge in [-0.1, -0.05) is 0 Å². The smallest absolute Gasteiger partial charge is 0.151 e. The Hall–Kier alpha value is -0.940. The first-order valence-corrected chi connectivity index (χ1v) is 7.50. The van der Waals surface area contributed by atoms with E-state index in [0.717, 1.165) is 43.9 Å². The van der Waals surface area contributed by atoms with Crippen LogP contribution in [0.25, 0.3) is 0 Å². The van der Waals surface area contributed by atoms with Gasteiger partial charge in [0.05, 0.1) is 0 Å². The fourth-order valence-electron chi connectivity index (χ4n) is 3.22. The van der Waals surface area contributed by atoms with Crippen molar-refractivity contribution in [3.05, 3.63) is 11.6 Å². The summed E-state index contributed by atoms with van der Waals surface area (Å²) in [6.07, 6.45) is 4.51. The molecule has 5 heteroatoms. The second-order valence-electron chi connectivity index (χ2n) is 6.21. The molecule has 3 rings (SSSR count). The van der Waals surface area contributed by atoms with Crippen LogP contribution in [0.5, 0.6) is 0 Å². The zero-order valence-electron chi connectivity index (χ0n) is 11.9. The van der Waals surface area contributed by atoms with Gasteiger partial charge in [0.25, 0.3) is 0 Å². The summed E-state index contributed by atoms with van der Waals surface area (Å²) in [4.78, 5) is 7.13. The van der Waals surface area contributed by atoms with Crippen molar-refractivity contribution < 1.29 is 5.11 Å². The molecule has 106 valence electrons. The van der Waals surface area contributed by atoms with Crippen molar-refractivity contribution in [2.45, 2.75) is 58.2 Å². The molecule has 0 bridgehead atoms. The number of rotatable bonds is 3. The van der Waals surface area contributed by atoms with Crippen molar-refractivity contribution in [3.8, 4) is 0 Å². The zero-order chi connectivity index (χ0) is 13.4. The standard InChI is InChI=1S/C14H24N4O/c1-10(2)17-7-6-11(9-17)8-12-15-13-4-3-5-14(19)18(13)16-12/h10-11,14,19H,3-9H2,1-2H3. The molecule has 2 unspecified atom stereocenters. The Balaban J connectivity index is 1.65. The highest BCUT2D eigenvalue weighted by Crippen LogP contribution is 2.24. The average Bonchev–Trinajstić information content (AvgIpc) is 2.96. The molecule has 1 aromatic heterocycles. The SMILES string of the molecule is CC(C)N1CCC(Cc2nc3n(n2)C(O)CCC3)C1. The van der Waals surface area contributed by atoms with E-state index in [0.29, 0.717) is 12.0 Å². The molecule has 0 radical (unpaired) electrons. The minimum atomic E-state index is -0.458. The number of fused-ring (bicyclic) bond motifs is 1. The number of likely N-dealkylation sites (tertiary alicyclic amines) is 1. The molecule has 0 aromatic carbocycles. The van der Waals surface area contributed by atoms with E-state index in [-0.39, 0.29) is 0 Å². The van der Waals surface area contributed by atoms with Crippen LogP contribution in [0, 0.1) is 5.92 Å². The van der Waals surface area contributed by atoms with Crippen molar-refractivity contribution >= 4 is 0 Å². The van der Waals surface area contributed by atoms with Crippen LogP contribution in [0.2, 0.25) is 0 Å². The summed E-state index contributed by atoms with van der Waals surface area (Å²) in [6, 6.07) is 0.634. The molecule has 2 aliphatic heterocycles. The predicted octanol–water partition coefficient (Wildman–Crippen LogP) is 1.38. The number of aryl methyl sites for hydroxylation is 1. The van der Waals surface area contributed by atoms with E-state index >= 15 is 0 Å². The minimum absolute atomic E-state index is 0.458. The van der Waals surface area contributed by atoms with E-state index in [2.05, 4.69) is 28.8 Å². The second-order valence-corrected chi connectivity index (χ2v) is 6.21. The van der Waals surface area contributed by atoms with Gasteiger partial charge in [-0.15, -0.1) is 0 Å². The highest BCUT2D eigenvalue weighted by Gasteiger charge is 2.27. The van der Waals surface area contributed by atoms with Crippen LogP contribution in [0.3, 0.4) is 0 Å². The van der Waals surface area contributed by atoms with Gasteiger partial charge >= 0.3 is 0 Å². The van der Waals surface area contributed by atoms with Gasteiger partial charge in [-0.25, -0.2) is 9.67 Å². The van der Waals surface area contributed by atoms with Crippen LogP contribution < -0.4 is 0 Å². The lowest BCUT2D eigenvalue weighted by molar-refractivity contribution is 0.0643. The molecule has 5 nitrogen and oxygen atoms in total. The van der Waals surface area contributed by atoms with E-state index in [1.807, 2.05) is 0 Å². The number of aliphatic hydroxyl groups excluding tert-OH is 1. The van der Waals surface area contributed by atoms with Crippen LogP contribution in [-0.4, -0.2) is 43.9 Å². The third-order valence-electron chi connectivity index (χ3n) is 4.41. The lowest BCUT2D eigenvalue weighted by atomic mass is 10.0. The summed E-state index contributed by atoms with van der Waals surface area (Å²) in [5.74, 6) is 2.56. The summed E-state index contributed by atoms with van der Waals surface area (Å²) in [7, 11) is 0. The van der Waals surface area contributed by atoms with Gasteiger partial charge in [-0.05, 0) is 45.6 Å². The summed E-state index contributed by atoms with van der Waals surface area (Å²) in [5, 5.41) is 14.4. The first-order valence-electron chi connectivity index (χ1n) is 7.50. The zero-order valence-corrected chi connectivity index (χ0v) is 11.9. The molecule has 1 aromatic rings. The summed E-state index contributed by atoms with van der Waals surface area (Å²) in [6.45, 7) is 6.86. The van der Waals surface area contributed by atoms with E-state index in [1.54, 1.807) is 4.68 Å². The van der Waals surface area contributed by atoms with E-state index in [9.17, 15) is 5.11 Å². The van der Waals surface area contributed by atoms with Gasteiger partial charge in [0.15, 0.2) is 5.82 Å². The molecule has 0 aliphatic carbocycles. The second kappa shape index (κ2) is 5.21. The number of hydrogen-bond acceptors (Lipinski definition) is 4.